The second-order valence-corrected chi connectivity index (χ2v) is 6.62. The molecule has 1 atom stereocenters. The fourth-order valence-electron chi connectivity index (χ4n) is 2.62. The predicted molar refractivity (Wildman–Crippen MR) is 103 cm³/mol. The zero-order valence-electron chi connectivity index (χ0n) is 15.8. The number of aliphatic hydroxyl groups excluding tert-OH is 2. The van der Waals surface area contributed by atoms with E-state index in [1.54, 1.807) is 0 Å². The van der Waals surface area contributed by atoms with Crippen molar-refractivity contribution in [2.45, 2.75) is 96.5 Å². The van der Waals surface area contributed by atoms with Crippen molar-refractivity contribution in [3.63, 3.8) is 0 Å². The molecule has 0 fully saturated rings. The Bertz CT molecular complexity index is 299. The molecule has 0 aromatic rings. The van der Waals surface area contributed by atoms with Crippen molar-refractivity contribution in [1.29, 1.82) is 0 Å². The van der Waals surface area contributed by atoms with Gasteiger partial charge in [0.15, 0.2) is 0 Å². The molecule has 24 heavy (non-hydrogen) atoms. The minimum Gasteiger partial charge on any atom is -0.495 e. The number of ether oxygens (including phenoxy) is 1. The zero-order chi connectivity index (χ0) is 17.9. The Labute approximate surface area is 149 Å². The van der Waals surface area contributed by atoms with E-state index in [0.29, 0.717) is 0 Å². The minimum absolute atomic E-state index is 0.190. The number of hydrogen-bond donors (Lipinski definition) is 2. The molecule has 0 aromatic heterocycles. The van der Waals surface area contributed by atoms with Gasteiger partial charge < -0.3 is 14.9 Å². The Kier molecular flexibility index (Phi) is 17.9. The molecule has 0 spiro atoms. The van der Waals surface area contributed by atoms with Crippen molar-refractivity contribution < 1.29 is 14.9 Å². The summed E-state index contributed by atoms with van der Waals surface area (Å²) in [7, 11) is 0. The lowest BCUT2D eigenvalue weighted by Gasteiger charge is -2.13. The van der Waals surface area contributed by atoms with Gasteiger partial charge in [0.05, 0.1) is 12.4 Å². The molecule has 3 nitrogen and oxygen atoms in total. The lowest BCUT2D eigenvalue weighted by molar-refractivity contribution is 0.0278. The van der Waals surface area contributed by atoms with Crippen molar-refractivity contribution in [2.75, 3.05) is 13.2 Å². The Morgan fingerprint density at radius 3 is 2.25 bits per heavy atom. The molecular weight excluding hydrogens is 300 g/mol. The van der Waals surface area contributed by atoms with Gasteiger partial charge in [0, 0.05) is 6.42 Å². The van der Waals surface area contributed by atoms with Gasteiger partial charge in [-0.25, -0.2) is 0 Å². The van der Waals surface area contributed by atoms with Crippen LogP contribution in [0.15, 0.2) is 24.5 Å². The molecule has 3 heteroatoms. The quantitative estimate of drug-likeness (QED) is 0.196. The Hall–Kier alpha value is -0.800. The number of unbranched alkanes of at least 4 members (excludes halogenated alkanes) is 10. The normalized spacial score (nSPS) is 13.0. The highest BCUT2D eigenvalue weighted by atomic mass is 16.5. The summed E-state index contributed by atoms with van der Waals surface area (Å²) < 4.78 is 5.70. The first-order valence-corrected chi connectivity index (χ1v) is 9.96. The first kappa shape index (κ1) is 23.2. The molecule has 0 aliphatic carbocycles. The summed E-state index contributed by atoms with van der Waals surface area (Å²) in [5.41, 5.74) is 0. The van der Waals surface area contributed by atoms with E-state index < -0.39 is 6.10 Å². The van der Waals surface area contributed by atoms with E-state index in [1.165, 1.54) is 57.8 Å². The number of hydrogen-bond acceptors (Lipinski definition) is 3. The molecule has 142 valence electrons. The van der Waals surface area contributed by atoms with Crippen LogP contribution in [-0.2, 0) is 4.74 Å². The lowest BCUT2D eigenvalue weighted by Crippen LogP contribution is -2.19. The van der Waals surface area contributed by atoms with Gasteiger partial charge in [-0.15, -0.1) is 6.58 Å². The second-order valence-electron chi connectivity index (χ2n) is 6.62. The standard InChI is InChI=1S/C21H40O3/c1-3-5-7-9-11-13-15-17-21(24-19-20(23)18-22)16-14-12-10-8-6-4-2/h4,17,20,22-23H,2-3,5-16,18-19H2,1H3/t20-/m0/s1. The second kappa shape index (κ2) is 18.5. The third-order valence-electron chi connectivity index (χ3n) is 4.18. The van der Waals surface area contributed by atoms with E-state index in [1.807, 2.05) is 6.08 Å². The summed E-state index contributed by atoms with van der Waals surface area (Å²) in [5.74, 6) is 0.986. The van der Waals surface area contributed by atoms with Crippen LogP contribution in [0, 0.1) is 0 Å². The lowest BCUT2D eigenvalue weighted by atomic mass is 10.1. The van der Waals surface area contributed by atoms with Crippen LogP contribution in [0.1, 0.15) is 90.4 Å². The number of rotatable bonds is 18. The molecule has 0 aliphatic rings. The summed E-state index contributed by atoms with van der Waals surface area (Å²) in [4.78, 5) is 0. The molecule has 0 bridgehead atoms. The molecule has 0 rings (SSSR count). The summed E-state index contributed by atoms with van der Waals surface area (Å²) in [5, 5.41) is 18.4. The van der Waals surface area contributed by atoms with Gasteiger partial charge in [0.2, 0.25) is 0 Å². The first-order chi connectivity index (χ1) is 11.7. The van der Waals surface area contributed by atoms with E-state index in [-0.39, 0.29) is 13.2 Å². The molecule has 0 saturated heterocycles. The van der Waals surface area contributed by atoms with E-state index in [0.717, 1.165) is 31.4 Å². The highest BCUT2D eigenvalue weighted by molar-refractivity contribution is 4.93. The van der Waals surface area contributed by atoms with Crippen LogP contribution in [0.2, 0.25) is 0 Å². The molecule has 2 N–H and O–H groups in total. The van der Waals surface area contributed by atoms with Crippen LogP contribution in [-0.4, -0.2) is 29.5 Å². The van der Waals surface area contributed by atoms with E-state index >= 15 is 0 Å². The average Bonchev–Trinajstić information content (AvgIpc) is 2.60. The van der Waals surface area contributed by atoms with E-state index in [2.05, 4.69) is 19.6 Å². The summed E-state index contributed by atoms with van der Waals surface area (Å²) >= 11 is 0. The van der Waals surface area contributed by atoms with Crippen molar-refractivity contribution >= 4 is 0 Å². The van der Waals surface area contributed by atoms with Crippen LogP contribution in [0.3, 0.4) is 0 Å². The molecule has 0 aromatic carbocycles. The van der Waals surface area contributed by atoms with Crippen molar-refractivity contribution in [2.24, 2.45) is 0 Å². The molecule has 0 amide bonds. The Morgan fingerprint density at radius 1 is 0.958 bits per heavy atom. The molecule has 0 aliphatic heterocycles. The molecule has 0 radical (unpaired) electrons. The van der Waals surface area contributed by atoms with Gasteiger partial charge >= 0.3 is 0 Å². The first-order valence-electron chi connectivity index (χ1n) is 9.96. The highest BCUT2D eigenvalue weighted by Crippen LogP contribution is 2.15. The zero-order valence-corrected chi connectivity index (χ0v) is 15.8. The monoisotopic (exact) mass is 340 g/mol. The van der Waals surface area contributed by atoms with Gasteiger partial charge in [-0.1, -0.05) is 57.9 Å². The molecule has 0 unspecified atom stereocenters. The average molecular weight is 341 g/mol. The molecular formula is C21H40O3. The van der Waals surface area contributed by atoms with E-state index in [4.69, 9.17) is 9.84 Å². The van der Waals surface area contributed by atoms with E-state index in [9.17, 15) is 5.11 Å². The van der Waals surface area contributed by atoms with Gasteiger partial charge in [0.25, 0.3) is 0 Å². The Morgan fingerprint density at radius 2 is 1.58 bits per heavy atom. The molecule has 0 heterocycles. The predicted octanol–water partition coefficient (Wildman–Crippen LogP) is 5.52. The SMILES string of the molecule is C=CCCCCCCC(=CCCCCCCCC)OC[C@@H](O)CO. The maximum absolute atomic E-state index is 9.46. The van der Waals surface area contributed by atoms with Crippen molar-refractivity contribution in [3.05, 3.63) is 24.5 Å². The van der Waals surface area contributed by atoms with Crippen LogP contribution >= 0.6 is 0 Å². The Balaban J connectivity index is 3.97. The van der Waals surface area contributed by atoms with Gasteiger partial charge in [-0.05, 0) is 38.2 Å². The summed E-state index contributed by atoms with van der Waals surface area (Å²) in [6, 6.07) is 0. The fourth-order valence-corrected chi connectivity index (χ4v) is 2.62. The van der Waals surface area contributed by atoms with Crippen molar-refractivity contribution in [3.8, 4) is 0 Å². The van der Waals surface area contributed by atoms with Gasteiger partial charge in [-0.3, -0.25) is 0 Å². The molecule has 0 saturated carbocycles. The third-order valence-corrected chi connectivity index (χ3v) is 4.18. The third kappa shape index (κ3) is 16.1. The van der Waals surface area contributed by atoms with Crippen LogP contribution < -0.4 is 0 Å². The summed E-state index contributed by atoms with van der Waals surface area (Å²) in [6.07, 6.45) is 19.0. The summed E-state index contributed by atoms with van der Waals surface area (Å²) in [6.45, 7) is 5.93. The largest absolute Gasteiger partial charge is 0.495 e. The van der Waals surface area contributed by atoms with Crippen LogP contribution in [0.25, 0.3) is 0 Å². The fraction of sp³-hybridized carbons (Fsp3) is 0.810. The van der Waals surface area contributed by atoms with Crippen LogP contribution in [0.4, 0.5) is 0 Å². The maximum Gasteiger partial charge on any atom is 0.116 e. The maximum atomic E-state index is 9.46. The minimum atomic E-state index is -0.782. The number of allylic oxidation sites excluding steroid dienone is 3. The topological polar surface area (TPSA) is 49.7 Å². The smallest absolute Gasteiger partial charge is 0.116 e. The van der Waals surface area contributed by atoms with Gasteiger partial charge in [-0.2, -0.15) is 0 Å². The highest BCUT2D eigenvalue weighted by Gasteiger charge is 2.05. The van der Waals surface area contributed by atoms with Gasteiger partial charge in [0.1, 0.15) is 12.7 Å². The van der Waals surface area contributed by atoms with Crippen LogP contribution in [0.5, 0.6) is 0 Å². The van der Waals surface area contributed by atoms with Crippen molar-refractivity contribution in [1.82, 2.24) is 0 Å². The number of aliphatic hydroxyl groups is 2.